The van der Waals surface area contributed by atoms with Crippen molar-refractivity contribution in [1.82, 2.24) is 25.3 Å². The highest BCUT2D eigenvalue weighted by Gasteiger charge is 2.09. The van der Waals surface area contributed by atoms with E-state index in [-0.39, 0.29) is 12.5 Å². The van der Waals surface area contributed by atoms with E-state index in [1.165, 1.54) is 6.07 Å². The van der Waals surface area contributed by atoms with Gasteiger partial charge in [-0.25, -0.2) is 4.98 Å². The van der Waals surface area contributed by atoms with Crippen molar-refractivity contribution in [2.75, 3.05) is 0 Å². The van der Waals surface area contributed by atoms with Crippen molar-refractivity contribution < 1.29 is 4.79 Å². The van der Waals surface area contributed by atoms with E-state index in [0.717, 1.165) is 16.6 Å². The van der Waals surface area contributed by atoms with Crippen molar-refractivity contribution >= 4 is 28.0 Å². The van der Waals surface area contributed by atoms with Crippen LogP contribution in [0.25, 0.3) is 22.1 Å². The van der Waals surface area contributed by atoms with Crippen molar-refractivity contribution in [3.05, 3.63) is 74.1 Å². The number of aryl methyl sites for hydroxylation is 1. The van der Waals surface area contributed by atoms with Crippen LogP contribution in [0.15, 0.2) is 46.0 Å². The van der Waals surface area contributed by atoms with Crippen LogP contribution in [0.3, 0.4) is 0 Å². The molecular weight excluding hydrogens is 334 g/mol. The number of benzene rings is 2. The topological polar surface area (TPSA) is 123 Å². The minimum atomic E-state index is -0.757. The summed E-state index contributed by atoms with van der Waals surface area (Å²) in [4.78, 5) is 47.6. The molecule has 0 fully saturated rings. The summed E-state index contributed by atoms with van der Waals surface area (Å²) in [5.74, 6) is 0.341. The average molecular weight is 349 g/mol. The van der Waals surface area contributed by atoms with E-state index in [2.05, 4.69) is 25.3 Å². The first-order valence-electron chi connectivity index (χ1n) is 7.99. The number of nitrogens with one attached hydrogen (secondary N) is 4. The molecule has 8 heteroatoms. The lowest BCUT2D eigenvalue weighted by atomic mass is 10.2. The molecule has 2 heterocycles. The monoisotopic (exact) mass is 349 g/mol. The summed E-state index contributed by atoms with van der Waals surface area (Å²) in [6.07, 6.45) is 0. The Bertz CT molecular complexity index is 1270. The van der Waals surface area contributed by atoms with Crippen LogP contribution in [-0.2, 0) is 6.54 Å². The van der Waals surface area contributed by atoms with Crippen molar-refractivity contribution in [1.29, 1.82) is 0 Å². The lowest BCUT2D eigenvalue weighted by molar-refractivity contribution is 0.0950. The van der Waals surface area contributed by atoms with Crippen molar-refractivity contribution in [2.24, 2.45) is 0 Å². The highest BCUT2D eigenvalue weighted by molar-refractivity contribution is 5.97. The SMILES string of the molecule is Cc1ccc2nc(CNC(=O)c3ccc4[nH]c(=O)c(=O)[nH]c4c3)[nH]c2c1. The van der Waals surface area contributed by atoms with Crippen molar-refractivity contribution in [3.8, 4) is 0 Å². The molecule has 0 spiro atoms. The van der Waals surface area contributed by atoms with E-state index < -0.39 is 11.1 Å². The molecule has 0 bridgehead atoms. The number of fused-ring (bicyclic) bond motifs is 2. The molecule has 4 aromatic rings. The molecule has 2 aromatic carbocycles. The molecule has 0 unspecified atom stereocenters. The summed E-state index contributed by atoms with van der Waals surface area (Å²) in [6, 6.07) is 10.6. The van der Waals surface area contributed by atoms with E-state index in [9.17, 15) is 14.4 Å². The van der Waals surface area contributed by atoms with Gasteiger partial charge in [0.15, 0.2) is 0 Å². The molecule has 8 nitrogen and oxygen atoms in total. The second kappa shape index (κ2) is 5.99. The number of H-pyrrole nitrogens is 3. The summed E-state index contributed by atoms with van der Waals surface area (Å²) in [6.45, 7) is 2.24. The van der Waals surface area contributed by atoms with Crippen LogP contribution in [-0.4, -0.2) is 25.8 Å². The van der Waals surface area contributed by atoms with Gasteiger partial charge in [0.05, 0.1) is 28.6 Å². The van der Waals surface area contributed by atoms with Gasteiger partial charge < -0.3 is 20.3 Å². The molecule has 130 valence electrons. The Morgan fingerprint density at radius 2 is 1.73 bits per heavy atom. The molecule has 0 atom stereocenters. The summed E-state index contributed by atoms with van der Waals surface area (Å²) >= 11 is 0. The summed E-state index contributed by atoms with van der Waals surface area (Å²) in [5.41, 5.74) is 2.61. The predicted octanol–water partition coefficient (Wildman–Crippen LogP) is 1.33. The quantitative estimate of drug-likeness (QED) is 0.417. The lowest BCUT2D eigenvalue weighted by Gasteiger charge is -2.04. The van der Waals surface area contributed by atoms with Crippen LogP contribution in [0.4, 0.5) is 0 Å². The molecule has 0 saturated carbocycles. The summed E-state index contributed by atoms with van der Waals surface area (Å²) in [5, 5.41) is 2.78. The molecular formula is C18H15N5O3. The second-order valence-electron chi connectivity index (χ2n) is 6.06. The largest absolute Gasteiger partial charge is 0.345 e. The third-order valence-electron chi connectivity index (χ3n) is 4.09. The number of carbonyl (C=O) groups is 1. The van der Waals surface area contributed by atoms with Gasteiger partial charge in [-0.2, -0.15) is 0 Å². The van der Waals surface area contributed by atoms with Crippen molar-refractivity contribution in [2.45, 2.75) is 13.5 Å². The van der Waals surface area contributed by atoms with E-state index >= 15 is 0 Å². The number of nitrogens with zero attached hydrogens (tertiary/aromatic N) is 1. The van der Waals surface area contributed by atoms with Gasteiger partial charge in [0.1, 0.15) is 5.82 Å². The maximum atomic E-state index is 12.4. The molecule has 26 heavy (non-hydrogen) atoms. The standard InChI is InChI=1S/C18H15N5O3/c1-9-2-4-11-13(6-9)21-15(20-11)8-19-16(24)10-3-5-12-14(7-10)23-18(26)17(25)22-12/h2-7H,8H2,1H3,(H,19,24)(H,20,21)(H,22,25)(H,23,26). The number of rotatable bonds is 3. The summed E-state index contributed by atoms with van der Waals surface area (Å²) in [7, 11) is 0. The molecule has 0 aliphatic heterocycles. The third-order valence-corrected chi connectivity index (χ3v) is 4.09. The Morgan fingerprint density at radius 1 is 0.962 bits per heavy atom. The maximum absolute atomic E-state index is 12.4. The second-order valence-corrected chi connectivity index (χ2v) is 6.06. The van der Waals surface area contributed by atoms with Crippen LogP contribution in [0.5, 0.6) is 0 Å². The van der Waals surface area contributed by atoms with Crippen LogP contribution < -0.4 is 16.4 Å². The summed E-state index contributed by atoms with van der Waals surface area (Å²) < 4.78 is 0. The van der Waals surface area contributed by atoms with Gasteiger partial charge in [-0.1, -0.05) is 6.07 Å². The lowest BCUT2D eigenvalue weighted by Crippen LogP contribution is -2.29. The number of hydrogen-bond acceptors (Lipinski definition) is 4. The van der Waals surface area contributed by atoms with Crippen LogP contribution >= 0.6 is 0 Å². The average Bonchev–Trinajstić information content (AvgIpc) is 3.02. The van der Waals surface area contributed by atoms with Gasteiger partial charge in [-0.15, -0.1) is 0 Å². The molecule has 0 saturated heterocycles. The molecule has 2 aromatic heterocycles. The first-order valence-corrected chi connectivity index (χ1v) is 7.99. The number of hydrogen-bond donors (Lipinski definition) is 4. The van der Waals surface area contributed by atoms with Gasteiger partial charge in [0, 0.05) is 5.56 Å². The molecule has 0 aliphatic rings. The minimum absolute atomic E-state index is 0.243. The minimum Gasteiger partial charge on any atom is -0.345 e. The Morgan fingerprint density at radius 3 is 2.54 bits per heavy atom. The smallest absolute Gasteiger partial charge is 0.314 e. The molecule has 0 radical (unpaired) electrons. The fourth-order valence-corrected chi connectivity index (χ4v) is 2.78. The van der Waals surface area contributed by atoms with Gasteiger partial charge >= 0.3 is 11.1 Å². The zero-order valence-electron chi connectivity index (χ0n) is 13.8. The highest BCUT2D eigenvalue weighted by Crippen LogP contribution is 2.13. The highest BCUT2D eigenvalue weighted by atomic mass is 16.2. The first kappa shape index (κ1) is 15.8. The number of aromatic nitrogens is 4. The van der Waals surface area contributed by atoms with Crippen molar-refractivity contribution in [3.63, 3.8) is 0 Å². The Kier molecular flexibility index (Phi) is 3.65. The number of amides is 1. The van der Waals surface area contributed by atoms with E-state index in [1.54, 1.807) is 12.1 Å². The number of aromatic amines is 3. The first-order chi connectivity index (χ1) is 12.5. The Balaban J connectivity index is 1.55. The van der Waals surface area contributed by atoms with E-state index in [4.69, 9.17) is 0 Å². The van der Waals surface area contributed by atoms with E-state index in [1.807, 2.05) is 25.1 Å². The zero-order valence-corrected chi connectivity index (χ0v) is 13.8. The zero-order chi connectivity index (χ0) is 18.3. The number of imidazole rings is 1. The van der Waals surface area contributed by atoms with Crippen LogP contribution in [0.2, 0.25) is 0 Å². The Labute approximate surface area is 146 Å². The predicted molar refractivity (Wildman–Crippen MR) is 97.2 cm³/mol. The third kappa shape index (κ3) is 2.88. The van der Waals surface area contributed by atoms with Crippen LogP contribution in [0, 0.1) is 6.92 Å². The van der Waals surface area contributed by atoms with Gasteiger partial charge in [-0.3, -0.25) is 14.4 Å². The van der Waals surface area contributed by atoms with Crippen LogP contribution in [0.1, 0.15) is 21.7 Å². The molecule has 1 amide bonds. The normalized spacial score (nSPS) is 11.1. The van der Waals surface area contributed by atoms with Gasteiger partial charge in [0.2, 0.25) is 0 Å². The molecule has 4 N–H and O–H groups in total. The fraction of sp³-hybridized carbons (Fsp3) is 0.111. The van der Waals surface area contributed by atoms with Gasteiger partial charge in [0.25, 0.3) is 5.91 Å². The number of carbonyl (C=O) groups excluding carboxylic acids is 1. The molecule has 0 aliphatic carbocycles. The van der Waals surface area contributed by atoms with E-state index in [0.29, 0.717) is 22.4 Å². The molecule has 4 rings (SSSR count). The maximum Gasteiger partial charge on any atom is 0.314 e. The van der Waals surface area contributed by atoms with Gasteiger partial charge in [-0.05, 0) is 42.8 Å². The fourth-order valence-electron chi connectivity index (χ4n) is 2.78. The Hall–Kier alpha value is -3.68.